The zero-order valence-electron chi connectivity index (χ0n) is 19.5. The monoisotopic (exact) mass is 584 g/mol. The van der Waals surface area contributed by atoms with Crippen molar-refractivity contribution >= 4 is 7.82 Å². The lowest BCUT2D eigenvalue weighted by molar-refractivity contribution is -0.382. The third-order valence-corrected chi connectivity index (χ3v) is 6.84. The van der Waals surface area contributed by atoms with E-state index in [0.29, 0.717) is 0 Å². The van der Waals surface area contributed by atoms with E-state index < -0.39 is 120 Å². The molecule has 0 amide bonds. The van der Waals surface area contributed by atoms with E-state index in [0.717, 1.165) is 0 Å². The van der Waals surface area contributed by atoms with Gasteiger partial charge < -0.3 is 84.5 Å². The van der Waals surface area contributed by atoms with Crippen LogP contribution >= 0.6 is 7.82 Å². The molecule has 3 saturated heterocycles. The van der Waals surface area contributed by atoms with Crippen molar-refractivity contribution in [3.8, 4) is 0 Å². The normalized spacial score (nSPS) is 48.7. The first-order valence-electron chi connectivity index (χ1n) is 11.3. The molecule has 38 heavy (non-hydrogen) atoms. The molecule has 3 rings (SSSR count). The highest BCUT2D eigenvalue weighted by molar-refractivity contribution is 7.46. The summed E-state index contributed by atoms with van der Waals surface area (Å²) < 4.78 is 42.1. The molecule has 19 nitrogen and oxygen atoms in total. The molecule has 15 atom stereocenters. The van der Waals surface area contributed by atoms with E-state index in [-0.39, 0.29) is 0 Å². The Bertz CT molecular complexity index is 798. The van der Waals surface area contributed by atoms with Crippen molar-refractivity contribution < 1.29 is 93.6 Å². The Kier molecular flexibility index (Phi) is 11.0. The first-order valence-corrected chi connectivity index (χ1v) is 12.9. The SMILES string of the molecule is O=P(O)(O)O[C@@H]1[C@@H](O)[C@H](O[C@@H]2[C@H](O)[C@@H](O[C@H]3O[C@H](CO)[C@@H](O)[C@H](O)[C@H]3O)[C@H](O)O[C@@H]2CO)O[C@H](CO)[C@H]1O. The van der Waals surface area contributed by atoms with Crippen LogP contribution in [0.25, 0.3) is 0 Å². The molecule has 0 radical (unpaired) electrons. The van der Waals surface area contributed by atoms with Crippen molar-refractivity contribution in [1.82, 2.24) is 0 Å². The van der Waals surface area contributed by atoms with Crippen LogP contribution in [0.15, 0.2) is 0 Å². The van der Waals surface area contributed by atoms with Crippen LogP contribution in [0, 0.1) is 0 Å². The van der Waals surface area contributed by atoms with Crippen molar-refractivity contribution in [2.24, 2.45) is 0 Å². The van der Waals surface area contributed by atoms with Crippen molar-refractivity contribution in [2.45, 2.75) is 92.1 Å². The number of hydrogen-bond acceptors (Lipinski definition) is 17. The van der Waals surface area contributed by atoms with Gasteiger partial charge in [0.05, 0.1) is 19.8 Å². The Morgan fingerprint density at radius 1 is 0.553 bits per heavy atom. The lowest BCUT2D eigenvalue weighted by atomic mass is 9.96. The maximum atomic E-state index is 11.3. The molecular weight excluding hydrogens is 551 g/mol. The Morgan fingerprint density at radius 2 is 1.05 bits per heavy atom. The zero-order chi connectivity index (χ0) is 28.5. The summed E-state index contributed by atoms with van der Waals surface area (Å²) in [5, 5.41) is 100. The third kappa shape index (κ3) is 6.86. The molecule has 20 heteroatoms. The van der Waals surface area contributed by atoms with Gasteiger partial charge in [-0.2, -0.15) is 0 Å². The molecule has 0 saturated carbocycles. The second-order valence-corrected chi connectivity index (χ2v) is 10.1. The van der Waals surface area contributed by atoms with Gasteiger partial charge in [0.25, 0.3) is 0 Å². The van der Waals surface area contributed by atoms with Gasteiger partial charge in [0.2, 0.25) is 0 Å². The quantitative estimate of drug-likeness (QED) is 0.112. The fourth-order valence-electron chi connectivity index (χ4n) is 4.31. The summed E-state index contributed by atoms with van der Waals surface area (Å²) in [6.07, 6.45) is -27.6. The molecule has 3 aliphatic heterocycles. The highest BCUT2D eigenvalue weighted by Crippen LogP contribution is 2.42. The lowest BCUT2D eigenvalue weighted by Crippen LogP contribution is -2.66. The van der Waals surface area contributed by atoms with Gasteiger partial charge in [0.1, 0.15) is 73.2 Å². The highest BCUT2D eigenvalue weighted by Gasteiger charge is 2.54. The van der Waals surface area contributed by atoms with Crippen LogP contribution in [0.5, 0.6) is 0 Å². The minimum atomic E-state index is -5.28. The molecule has 3 fully saturated rings. The van der Waals surface area contributed by atoms with E-state index >= 15 is 0 Å². The van der Waals surface area contributed by atoms with E-state index in [2.05, 4.69) is 4.52 Å². The number of rotatable bonds is 9. The average molecular weight is 584 g/mol. The van der Waals surface area contributed by atoms with Crippen LogP contribution in [0.2, 0.25) is 0 Å². The van der Waals surface area contributed by atoms with Gasteiger partial charge in [-0.3, -0.25) is 4.52 Å². The lowest BCUT2D eigenvalue weighted by Gasteiger charge is -2.48. The molecule has 0 spiro atoms. The predicted molar refractivity (Wildman–Crippen MR) is 112 cm³/mol. The molecule has 0 aromatic rings. The molecule has 224 valence electrons. The maximum Gasteiger partial charge on any atom is 0.470 e. The zero-order valence-corrected chi connectivity index (χ0v) is 20.3. The second kappa shape index (κ2) is 13.0. The largest absolute Gasteiger partial charge is 0.470 e. The number of aliphatic hydroxyl groups excluding tert-OH is 10. The first kappa shape index (κ1) is 32.0. The van der Waals surface area contributed by atoms with Crippen LogP contribution in [0.4, 0.5) is 0 Å². The predicted octanol–water partition coefficient (Wildman–Crippen LogP) is -7.46. The van der Waals surface area contributed by atoms with Crippen LogP contribution in [-0.2, 0) is 32.8 Å². The summed E-state index contributed by atoms with van der Waals surface area (Å²) >= 11 is 0. The standard InChI is InChI=1S/C18H33O19P/c19-1-4-7(22)9(24)10(25)17(33-4)36-15-11(26)13(6(3-21)32-16(15)28)35-18-12(27)14(37-38(29,30)31)8(23)5(2-20)34-18/h4-28H,1-3H2,(H2,29,30,31)/t4-,5-,6-,7-,8-,9+,10-,11+,12-,13+,14+,15-,16-,17-,18+/m1/s1. The van der Waals surface area contributed by atoms with Gasteiger partial charge in [-0.1, -0.05) is 0 Å². The fourth-order valence-corrected chi connectivity index (χ4v) is 4.88. The second-order valence-electron chi connectivity index (χ2n) is 8.90. The maximum absolute atomic E-state index is 11.3. The van der Waals surface area contributed by atoms with E-state index in [1.807, 2.05) is 0 Å². The van der Waals surface area contributed by atoms with Gasteiger partial charge in [0.15, 0.2) is 18.9 Å². The fraction of sp³-hybridized carbons (Fsp3) is 1.00. The van der Waals surface area contributed by atoms with Crippen LogP contribution in [0.3, 0.4) is 0 Å². The van der Waals surface area contributed by atoms with Crippen molar-refractivity contribution in [1.29, 1.82) is 0 Å². The number of hydrogen-bond donors (Lipinski definition) is 12. The highest BCUT2D eigenvalue weighted by atomic mass is 31.2. The summed E-state index contributed by atoms with van der Waals surface area (Å²) in [5.41, 5.74) is 0. The van der Waals surface area contributed by atoms with Crippen LogP contribution in [-0.4, -0.2) is 173 Å². The minimum absolute atomic E-state index is 0.804. The molecule has 0 bridgehead atoms. The smallest absolute Gasteiger partial charge is 0.394 e. The van der Waals surface area contributed by atoms with Gasteiger partial charge in [-0.05, 0) is 0 Å². The Hall–Kier alpha value is -0.490. The average Bonchev–Trinajstić information content (AvgIpc) is 2.86. The van der Waals surface area contributed by atoms with E-state index in [4.69, 9.17) is 33.5 Å². The summed E-state index contributed by atoms with van der Waals surface area (Å²) in [6, 6.07) is 0. The molecule has 0 unspecified atom stereocenters. The molecule has 3 heterocycles. The first-order chi connectivity index (χ1) is 17.7. The third-order valence-electron chi connectivity index (χ3n) is 6.33. The van der Waals surface area contributed by atoms with Crippen molar-refractivity contribution in [2.75, 3.05) is 19.8 Å². The molecule has 0 aromatic carbocycles. The van der Waals surface area contributed by atoms with E-state index in [1.54, 1.807) is 0 Å². The number of aliphatic hydroxyl groups is 10. The van der Waals surface area contributed by atoms with Gasteiger partial charge in [-0.25, -0.2) is 4.57 Å². The molecular formula is C18H33O19P. The molecule has 3 aliphatic rings. The van der Waals surface area contributed by atoms with E-state index in [1.165, 1.54) is 0 Å². The Labute approximate surface area is 214 Å². The van der Waals surface area contributed by atoms with Crippen LogP contribution < -0.4 is 0 Å². The van der Waals surface area contributed by atoms with Crippen molar-refractivity contribution in [3.05, 3.63) is 0 Å². The van der Waals surface area contributed by atoms with Gasteiger partial charge >= 0.3 is 7.82 Å². The molecule has 0 aliphatic carbocycles. The number of phosphoric acid groups is 1. The Morgan fingerprint density at radius 3 is 1.58 bits per heavy atom. The summed E-state index contributed by atoms with van der Waals surface area (Å²) in [7, 11) is -5.28. The molecule has 0 aromatic heterocycles. The topological polar surface area (TPSA) is 315 Å². The van der Waals surface area contributed by atoms with Gasteiger partial charge in [0, 0.05) is 0 Å². The van der Waals surface area contributed by atoms with E-state index in [9.17, 15) is 55.6 Å². The minimum Gasteiger partial charge on any atom is -0.394 e. The number of phosphoric ester groups is 1. The Balaban J connectivity index is 1.80. The number of ether oxygens (including phenoxy) is 5. The summed E-state index contributed by atoms with van der Waals surface area (Å²) in [6.45, 7) is -2.63. The van der Waals surface area contributed by atoms with Crippen molar-refractivity contribution in [3.63, 3.8) is 0 Å². The summed E-state index contributed by atoms with van der Waals surface area (Å²) in [4.78, 5) is 18.2. The molecule has 12 N–H and O–H groups in total. The van der Waals surface area contributed by atoms with Crippen LogP contribution in [0.1, 0.15) is 0 Å². The summed E-state index contributed by atoms with van der Waals surface area (Å²) in [5.74, 6) is 0. The van der Waals surface area contributed by atoms with Gasteiger partial charge in [-0.15, -0.1) is 0 Å².